The van der Waals surface area contributed by atoms with Gasteiger partial charge < -0.3 is 5.32 Å². The van der Waals surface area contributed by atoms with Gasteiger partial charge in [-0.3, -0.25) is 9.48 Å². The Labute approximate surface area is 118 Å². The Morgan fingerprint density at radius 2 is 1.95 bits per heavy atom. The first-order chi connectivity index (χ1) is 9.63. The van der Waals surface area contributed by atoms with Crippen LogP contribution in [0.4, 0.5) is 5.69 Å². The monoisotopic (exact) mass is 269 g/mol. The van der Waals surface area contributed by atoms with Crippen molar-refractivity contribution >= 4 is 11.6 Å². The normalized spacial score (nSPS) is 13.9. The van der Waals surface area contributed by atoms with Gasteiger partial charge in [0.05, 0.1) is 17.5 Å². The van der Waals surface area contributed by atoms with Crippen LogP contribution in [0, 0.1) is 13.8 Å². The summed E-state index contributed by atoms with van der Waals surface area (Å²) in [6.07, 6.45) is 4.91. The van der Waals surface area contributed by atoms with Crippen molar-refractivity contribution in [1.82, 2.24) is 9.78 Å². The molecule has 0 radical (unpaired) electrons. The third kappa shape index (κ3) is 2.46. The van der Waals surface area contributed by atoms with Crippen LogP contribution in [-0.2, 0) is 13.0 Å². The minimum absolute atomic E-state index is 0.0573. The first-order valence-electron chi connectivity index (χ1n) is 7.08. The summed E-state index contributed by atoms with van der Waals surface area (Å²) >= 11 is 0. The molecular weight excluding hydrogens is 250 g/mol. The molecule has 1 aromatic heterocycles. The fourth-order valence-electron chi connectivity index (χ4n) is 2.86. The van der Waals surface area contributed by atoms with E-state index in [4.69, 9.17) is 0 Å². The Balaban J connectivity index is 1.84. The summed E-state index contributed by atoms with van der Waals surface area (Å²) in [4.78, 5) is 12.4. The first-order valence-corrected chi connectivity index (χ1v) is 7.08. The number of amides is 1. The Bertz CT molecular complexity index is 637. The van der Waals surface area contributed by atoms with Gasteiger partial charge in [0.1, 0.15) is 0 Å². The van der Waals surface area contributed by atoms with Crippen molar-refractivity contribution in [3.05, 3.63) is 46.8 Å². The summed E-state index contributed by atoms with van der Waals surface area (Å²) in [5.74, 6) is -0.0573. The molecule has 2 aromatic rings. The zero-order valence-electron chi connectivity index (χ0n) is 11.9. The number of rotatable bonds is 2. The van der Waals surface area contributed by atoms with E-state index in [-0.39, 0.29) is 5.91 Å². The molecule has 1 aliphatic heterocycles. The van der Waals surface area contributed by atoms with Crippen LogP contribution in [0.1, 0.15) is 40.0 Å². The highest BCUT2D eigenvalue weighted by Crippen LogP contribution is 2.20. The molecule has 1 amide bonds. The molecule has 0 fully saturated rings. The second-order valence-corrected chi connectivity index (χ2v) is 5.52. The topological polar surface area (TPSA) is 46.9 Å². The van der Waals surface area contributed by atoms with Crippen LogP contribution in [0.5, 0.6) is 0 Å². The van der Waals surface area contributed by atoms with E-state index in [9.17, 15) is 4.79 Å². The first kappa shape index (κ1) is 12.9. The molecule has 20 heavy (non-hydrogen) atoms. The van der Waals surface area contributed by atoms with Crippen LogP contribution < -0.4 is 5.32 Å². The molecule has 1 aliphatic rings. The van der Waals surface area contributed by atoms with Crippen molar-refractivity contribution in [2.24, 2.45) is 0 Å². The van der Waals surface area contributed by atoms with Crippen molar-refractivity contribution in [2.75, 3.05) is 5.32 Å². The number of hydrogen-bond donors (Lipinski definition) is 1. The standard InChI is InChI=1S/C16H19N3O/c1-11-7-12(2)9-13(8-11)18-16(20)14-10-17-19-6-4-3-5-15(14)19/h7-10H,3-6H2,1-2H3,(H,18,20). The Hall–Kier alpha value is -2.10. The lowest BCUT2D eigenvalue weighted by Gasteiger charge is -2.14. The predicted octanol–water partition coefficient (Wildman–Crippen LogP) is 3.09. The van der Waals surface area contributed by atoms with E-state index in [2.05, 4.69) is 16.5 Å². The molecule has 4 nitrogen and oxygen atoms in total. The largest absolute Gasteiger partial charge is 0.322 e. The van der Waals surface area contributed by atoms with Crippen LogP contribution in [0.25, 0.3) is 0 Å². The molecule has 0 atom stereocenters. The maximum atomic E-state index is 12.4. The average molecular weight is 269 g/mol. The number of hydrogen-bond acceptors (Lipinski definition) is 2. The predicted molar refractivity (Wildman–Crippen MR) is 79.0 cm³/mol. The fourth-order valence-corrected chi connectivity index (χ4v) is 2.86. The van der Waals surface area contributed by atoms with Crippen molar-refractivity contribution in [3.63, 3.8) is 0 Å². The smallest absolute Gasteiger partial charge is 0.259 e. The summed E-state index contributed by atoms with van der Waals surface area (Å²) < 4.78 is 1.96. The van der Waals surface area contributed by atoms with Gasteiger partial charge >= 0.3 is 0 Å². The molecule has 0 unspecified atom stereocenters. The van der Waals surface area contributed by atoms with Crippen LogP contribution in [-0.4, -0.2) is 15.7 Å². The quantitative estimate of drug-likeness (QED) is 0.910. The SMILES string of the molecule is Cc1cc(C)cc(NC(=O)c2cnn3c2CCCC3)c1. The summed E-state index contributed by atoms with van der Waals surface area (Å²) in [6, 6.07) is 6.07. The number of carbonyl (C=O) groups is 1. The Morgan fingerprint density at radius 3 is 2.70 bits per heavy atom. The van der Waals surface area contributed by atoms with Gasteiger partial charge in [-0.2, -0.15) is 5.10 Å². The van der Waals surface area contributed by atoms with Crippen LogP contribution in [0.15, 0.2) is 24.4 Å². The number of benzene rings is 1. The van der Waals surface area contributed by atoms with E-state index >= 15 is 0 Å². The van der Waals surface area contributed by atoms with Crippen molar-refractivity contribution in [2.45, 2.75) is 39.7 Å². The Morgan fingerprint density at radius 1 is 1.20 bits per heavy atom. The van der Waals surface area contributed by atoms with Crippen molar-refractivity contribution in [3.8, 4) is 0 Å². The molecule has 104 valence electrons. The van der Waals surface area contributed by atoms with Crippen molar-refractivity contribution < 1.29 is 4.79 Å². The number of carbonyl (C=O) groups excluding carboxylic acids is 1. The second kappa shape index (κ2) is 5.12. The molecule has 0 saturated heterocycles. The van der Waals surface area contributed by atoms with Gasteiger partial charge in [0, 0.05) is 12.2 Å². The van der Waals surface area contributed by atoms with Crippen LogP contribution in [0.3, 0.4) is 0 Å². The summed E-state index contributed by atoms with van der Waals surface area (Å²) in [5.41, 5.74) is 4.93. The average Bonchev–Trinajstić information content (AvgIpc) is 2.81. The van der Waals surface area contributed by atoms with Crippen molar-refractivity contribution in [1.29, 1.82) is 0 Å². The minimum Gasteiger partial charge on any atom is -0.322 e. The molecule has 3 rings (SSSR count). The zero-order chi connectivity index (χ0) is 14.1. The maximum absolute atomic E-state index is 12.4. The Kier molecular flexibility index (Phi) is 3.30. The third-order valence-corrected chi connectivity index (χ3v) is 3.71. The number of fused-ring (bicyclic) bond motifs is 1. The van der Waals surface area contributed by atoms with Gasteiger partial charge in [-0.05, 0) is 56.4 Å². The number of aryl methyl sites for hydroxylation is 3. The fraction of sp³-hybridized carbons (Fsp3) is 0.375. The van der Waals surface area contributed by atoms with Gasteiger partial charge in [-0.15, -0.1) is 0 Å². The maximum Gasteiger partial charge on any atom is 0.259 e. The zero-order valence-corrected chi connectivity index (χ0v) is 11.9. The molecule has 4 heteroatoms. The molecule has 2 heterocycles. The van der Waals surface area contributed by atoms with E-state index in [0.29, 0.717) is 5.56 Å². The number of anilines is 1. The lowest BCUT2D eigenvalue weighted by molar-refractivity contribution is 0.102. The number of nitrogens with one attached hydrogen (secondary N) is 1. The van der Waals surface area contributed by atoms with E-state index in [0.717, 1.165) is 48.3 Å². The second-order valence-electron chi connectivity index (χ2n) is 5.52. The highest BCUT2D eigenvalue weighted by Gasteiger charge is 2.19. The minimum atomic E-state index is -0.0573. The van der Waals surface area contributed by atoms with E-state index < -0.39 is 0 Å². The van der Waals surface area contributed by atoms with Gasteiger partial charge in [0.25, 0.3) is 5.91 Å². The van der Waals surface area contributed by atoms with E-state index in [1.807, 2.05) is 30.7 Å². The third-order valence-electron chi connectivity index (χ3n) is 3.71. The highest BCUT2D eigenvalue weighted by molar-refractivity contribution is 6.05. The van der Waals surface area contributed by atoms with E-state index in [1.165, 1.54) is 0 Å². The molecule has 0 aliphatic carbocycles. The molecular formula is C16H19N3O. The summed E-state index contributed by atoms with van der Waals surface area (Å²) in [7, 11) is 0. The lowest BCUT2D eigenvalue weighted by Crippen LogP contribution is -2.17. The molecule has 0 saturated carbocycles. The lowest BCUT2D eigenvalue weighted by atomic mass is 10.1. The number of aromatic nitrogens is 2. The van der Waals surface area contributed by atoms with Gasteiger partial charge in [0.15, 0.2) is 0 Å². The van der Waals surface area contributed by atoms with Crippen LogP contribution in [0.2, 0.25) is 0 Å². The summed E-state index contributed by atoms with van der Waals surface area (Å²) in [5, 5.41) is 7.29. The molecule has 0 bridgehead atoms. The van der Waals surface area contributed by atoms with Gasteiger partial charge in [-0.1, -0.05) is 6.07 Å². The molecule has 1 N–H and O–H groups in total. The highest BCUT2D eigenvalue weighted by atomic mass is 16.1. The number of nitrogens with zero attached hydrogens (tertiary/aromatic N) is 2. The van der Waals surface area contributed by atoms with E-state index in [1.54, 1.807) is 6.20 Å². The summed E-state index contributed by atoms with van der Waals surface area (Å²) in [6.45, 7) is 4.99. The van der Waals surface area contributed by atoms with Gasteiger partial charge in [0.2, 0.25) is 0 Å². The molecule has 0 spiro atoms. The molecule has 1 aromatic carbocycles. The van der Waals surface area contributed by atoms with Gasteiger partial charge in [-0.25, -0.2) is 0 Å². The van der Waals surface area contributed by atoms with Crippen LogP contribution >= 0.6 is 0 Å².